The Morgan fingerprint density at radius 1 is 0.194 bits per heavy atom. The van der Waals surface area contributed by atoms with Gasteiger partial charge >= 0.3 is 0 Å². The fraction of sp³-hybridized carbons (Fsp3) is 0.0333. The number of hydrogen-bond acceptors (Lipinski definition) is 0. The van der Waals surface area contributed by atoms with Gasteiger partial charge in [-0.1, -0.05) is 262 Å². The molecule has 0 bridgehead atoms. The maximum absolute atomic E-state index is 3.76. The van der Waals surface area contributed by atoms with Gasteiger partial charge in [-0.3, -0.25) is 0 Å². The Morgan fingerprint density at radius 2 is 0.371 bits per heavy atom. The van der Waals surface area contributed by atoms with Crippen LogP contribution in [0.2, 0.25) is 0 Å². The van der Waals surface area contributed by atoms with Gasteiger partial charge in [0.1, 0.15) is 0 Å². The second-order valence-corrected chi connectivity index (χ2v) is 16.7. The molecular weight excluding hydrogens is 880 g/mol. The molecule has 0 heterocycles. The predicted molar refractivity (Wildman–Crippen MR) is 273 cm³/mol. The van der Waals surface area contributed by atoms with E-state index in [4.69, 9.17) is 0 Å². The smallest absolute Gasteiger partial charge is 0.0283 e. The predicted octanol–water partition coefficient (Wildman–Crippen LogP) is 18.0. The van der Waals surface area contributed by atoms with Crippen LogP contribution < -0.4 is 0 Å². The Hall–Kier alpha value is -6.58. The molecular formula is C60H42Br2. The highest BCUT2D eigenvalue weighted by Crippen LogP contribution is 2.59. The van der Waals surface area contributed by atoms with E-state index >= 15 is 0 Å². The van der Waals surface area contributed by atoms with Crippen molar-refractivity contribution in [2.45, 2.75) is 10.7 Å². The van der Waals surface area contributed by atoms with Gasteiger partial charge in [-0.15, -0.1) is 0 Å². The van der Waals surface area contributed by atoms with Gasteiger partial charge in [0.15, 0.2) is 0 Å². The van der Waals surface area contributed by atoms with Crippen LogP contribution >= 0.6 is 31.9 Å². The summed E-state index contributed by atoms with van der Waals surface area (Å²) in [4.78, 5) is 0. The van der Waals surface area contributed by atoms with Crippen LogP contribution in [0, 0.1) is 0 Å². The standard InChI is InChI=1S/C60H42Br2/c61-39-41-31-35-49(36-32-41)57-53(45-23-11-3-12-24-45)54(46-25-13-4-14-26-46)58(50-37-33-42(40-62)34-38-50)60-56(48-29-17-6-18-30-48)52(44-21-9-2-10-22-44)51(43-19-7-1-8-20-43)55(59(57)60)47-27-15-5-16-28-47/h1-38H,39-40H2. The minimum atomic E-state index is 0.782. The van der Waals surface area contributed by atoms with E-state index < -0.39 is 0 Å². The highest BCUT2D eigenvalue weighted by Gasteiger charge is 2.32. The Kier molecular flexibility index (Phi) is 11.4. The first-order chi connectivity index (χ1) is 30.7. The van der Waals surface area contributed by atoms with E-state index in [0.717, 1.165) is 10.7 Å². The average Bonchev–Trinajstić information content (AvgIpc) is 3.36. The molecule has 0 nitrogen and oxygen atoms in total. The van der Waals surface area contributed by atoms with Gasteiger partial charge in [-0.2, -0.15) is 0 Å². The van der Waals surface area contributed by atoms with Gasteiger partial charge in [0, 0.05) is 10.7 Å². The molecule has 296 valence electrons. The van der Waals surface area contributed by atoms with Crippen LogP contribution in [0.3, 0.4) is 0 Å². The molecule has 0 saturated carbocycles. The minimum Gasteiger partial charge on any atom is -0.0876 e. The topological polar surface area (TPSA) is 0 Å². The molecule has 0 spiro atoms. The van der Waals surface area contributed by atoms with Crippen molar-refractivity contribution in [2.24, 2.45) is 0 Å². The van der Waals surface area contributed by atoms with Crippen molar-refractivity contribution in [1.29, 1.82) is 0 Å². The summed E-state index contributed by atoms with van der Waals surface area (Å²) in [6, 6.07) is 84.9. The Balaban J connectivity index is 1.62. The zero-order valence-electron chi connectivity index (χ0n) is 34.1. The number of benzene rings is 10. The maximum atomic E-state index is 3.76. The molecule has 0 aliphatic heterocycles. The first-order valence-electron chi connectivity index (χ1n) is 21.1. The van der Waals surface area contributed by atoms with Gasteiger partial charge < -0.3 is 0 Å². The van der Waals surface area contributed by atoms with Gasteiger partial charge in [0.05, 0.1) is 0 Å². The van der Waals surface area contributed by atoms with Crippen LogP contribution in [0.4, 0.5) is 0 Å². The summed E-state index contributed by atoms with van der Waals surface area (Å²) in [6.45, 7) is 0. The Morgan fingerprint density at radius 3 is 0.565 bits per heavy atom. The van der Waals surface area contributed by atoms with Gasteiger partial charge in [-0.25, -0.2) is 0 Å². The lowest BCUT2D eigenvalue weighted by Gasteiger charge is -2.31. The van der Waals surface area contributed by atoms with Crippen molar-refractivity contribution in [1.82, 2.24) is 0 Å². The third-order valence-electron chi connectivity index (χ3n) is 11.9. The van der Waals surface area contributed by atoms with Gasteiger partial charge in [-0.05, 0) is 111 Å². The van der Waals surface area contributed by atoms with E-state index in [-0.39, 0.29) is 0 Å². The number of halogens is 2. The van der Waals surface area contributed by atoms with Crippen molar-refractivity contribution in [3.8, 4) is 89.0 Å². The van der Waals surface area contributed by atoms with Crippen LogP contribution in [-0.4, -0.2) is 0 Å². The summed E-state index contributed by atoms with van der Waals surface area (Å²) < 4.78 is 0. The summed E-state index contributed by atoms with van der Waals surface area (Å²) in [7, 11) is 0. The van der Waals surface area contributed by atoms with Crippen molar-refractivity contribution >= 4 is 42.6 Å². The lowest BCUT2D eigenvalue weighted by molar-refractivity contribution is 1.43. The molecule has 0 unspecified atom stereocenters. The highest BCUT2D eigenvalue weighted by molar-refractivity contribution is 9.08. The van der Waals surface area contributed by atoms with Gasteiger partial charge in [0.2, 0.25) is 0 Å². The summed E-state index contributed by atoms with van der Waals surface area (Å²) in [5.41, 5.74) is 21.5. The van der Waals surface area contributed by atoms with E-state index in [9.17, 15) is 0 Å². The van der Waals surface area contributed by atoms with Gasteiger partial charge in [0.25, 0.3) is 0 Å². The van der Waals surface area contributed by atoms with Crippen molar-refractivity contribution in [3.05, 3.63) is 242 Å². The second kappa shape index (κ2) is 17.8. The molecule has 0 aliphatic carbocycles. The fourth-order valence-electron chi connectivity index (χ4n) is 9.21. The number of fused-ring (bicyclic) bond motifs is 1. The number of hydrogen-bond donors (Lipinski definition) is 0. The Labute approximate surface area is 381 Å². The van der Waals surface area contributed by atoms with E-state index in [0.29, 0.717) is 0 Å². The molecule has 10 aromatic carbocycles. The summed E-state index contributed by atoms with van der Waals surface area (Å²) in [5, 5.41) is 4.01. The highest BCUT2D eigenvalue weighted by atomic mass is 79.9. The molecule has 0 radical (unpaired) electrons. The molecule has 10 rings (SSSR count). The van der Waals surface area contributed by atoms with Crippen LogP contribution in [0.25, 0.3) is 99.8 Å². The van der Waals surface area contributed by atoms with Crippen molar-refractivity contribution in [3.63, 3.8) is 0 Å². The molecule has 0 N–H and O–H groups in total. The lowest BCUT2D eigenvalue weighted by atomic mass is 9.71. The molecule has 0 amide bonds. The summed E-state index contributed by atoms with van der Waals surface area (Å²) >= 11 is 7.51. The molecule has 0 saturated heterocycles. The fourth-order valence-corrected chi connectivity index (χ4v) is 9.96. The zero-order chi connectivity index (χ0) is 41.8. The van der Waals surface area contributed by atoms with E-state index in [2.05, 4.69) is 262 Å². The van der Waals surface area contributed by atoms with Crippen LogP contribution in [0.5, 0.6) is 0 Å². The molecule has 62 heavy (non-hydrogen) atoms. The average molecular weight is 923 g/mol. The maximum Gasteiger partial charge on any atom is 0.0283 e. The van der Waals surface area contributed by atoms with Crippen LogP contribution in [0.1, 0.15) is 11.1 Å². The first-order valence-corrected chi connectivity index (χ1v) is 23.3. The molecule has 2 heteroatoms. The zero-order valence-corrected chi connectivity index (χ0v) is 37.3. The van der Waals surface area contributed by atoms with E-state index in [1.54, 1.807) is 0 Å². The minimum absolute atomic E-state index is 0.782. The van der Waals surface area contributed by atoms with Crippen LogP contribution in [-0.2, 0) is 10.7 Å². The molecule has 10 aromatic rings. The normalized spacial score (nSPS) is 11.2. The van der Waals surface area contributed by atoms with Crippen molar-refractivity contribution < 1.29 is 0 Å². The van der Waals surface area contributed by atoms with Crippen molar-refractivity contribution in [2.75, 3.05) is 0 Å². The largest absolute Gasteiger partial charge is 0.0876 e. The summed E-state index contributed by atoms with van der Waals surface area (Å²) in [6.07, 6.45) is 0. The molecule has 0 atom stereocenters. The molecule has 0 aromatic heterocycles. The molecule has 0 fully saturated rings. The SMILES string of the molecule is BrCc1ccc(-c2c(-c3ccccc3)c(-c3ccccc3)c(-c3ccc(CBr)cc3)c3c(-c4ccccc4)c(-c4ccccc4)c(-c4ccccc4)c(-c4ccccc4)c23)cc1. The lowest BCUT2D eigenvalue weighted by Crippen LogP contribution is -2.04. The van der Waals surface area contributed by atoms with E-state index in [1.807, 2.05) is 0 Å². The third kappa shape index (κ3) is 7.34. The van der Waals surface area contributed by atoms with Crippen LogP contribution in [0.15, 0.2) is 231 Å². The van der Waals surface area contributed by atoms with E-state index in [1.165, 1.54) is 111 Å². The third-order valence-corrected chi connectivity index (χ3v) is 13.2. The first kappa shape index (κ1) is 39.5. The molecule has 0 aliphatic rings. The quantitative estimate of drug-likeness (QED) is 0.120. The number of alkyl halides is 2. The Bertz CT molecular complexity index is 2890. The second-order valence-electron chi connectivity index (χ2n) is 15.6. The number of rotatable bonds is 10. The monoisotopic (exact) mass is 920 g/mol. The summed E-state index contributed by atoms with van der Waals surface area (Å²) in [5.74, 6) is 0.